The number of pyridine rings is 1. The quantitative estimate of drug-likeness (QED) is 0.283. The van der Waals surface area contributed by atoms with Crippen molar-refractivity contribution in [3.8, 4) is 0 Å². The maximum atomic E-state index is 12.4. The van der Waals surface area contributed by atoms with Crippen LogP contribution < -0.4 is 21.7 Å². The fourth-order valence-electron chi connectivity index (χ4n) is 2.57. The highest BCUT2D eigenvalue weighted by Crippen LogP contribution is 2.02. The second kappa shape index (κ2) is 12.1. The van der Waals surface area contributed by atoms with Crippen molar-refractivity contribution in [2.24, 2.45) is 5.73 Å². The Morgan fingerprint density at radius 3 is 2.17 bits per heavy atom. The van der Waals surface area contributed by atoms with Gasteiger partial charge >= 0.3 is 5.97 Å². The lowest BCUT2D eigenvalue weighted by molar-refractivity contribution is -0.143. The van der Waals surface area contributed by atoms with Crippen LogP contribution in [0.25, 0.3) is 0 Å². The molecule has 0 spiro atoms. The van der Waals surface area contributed by atoms with Gasteiger partial charge in [0.25, 0.3) is 0 Å². The number of carboxylic acids is 1. The second-order valence-corrected chi connectivity index (χ2v) is 6.74. The molecule has 3 unspecified atom stereocenters. The summed E-state index contributed by atoms with van der Waals surface area (Å²) >= 11 is 0. The van der Waals surface area contributed by atoms with Crippen LogP contribution in [0.3, 0.4) is 0 Å². The molecule has 0 bridgehead atoms. The van der Waals surface area contributed by atoms with Gasteiger partial charge in [0.2, 0.25) is 23.6 Å². The third-order valence-corrected chi connectivity index (χ3v) is 4.12. The number of nitrogens with two attached hydrogens (primary N) is 1. The number of carbonyl (C=O) groups excluding carboxylic acids is 4. The molecule has 0 saturated carbocycles. The topological polar surface area (TPSA) is 181 Å². The molecule has 30 heavy (non-hydrogen) atoms. The fourth-order valence-corrected chi connectivity index (χ4v) is 2.57. The van der Waals surface area contributed by atoms with Crippen LogP contribution in [0.2, 0.25) is 0 Å². The fraction of sp³-hybridized carbons (Fsp3) is 0.474. The van der Waals surface area contributed by atoms with Gasteiger partial charge in [0.05, 0.1) is 12.8 Å². The van der Waals surface area contributed by atoms with Crippen molar-refractivity contribution in [2.75, 3.05) is 0 Å². The Morgan fingerprint density at radius 2 is 1.63 bits per heavy atom. The largest absolute Gasteiger partial charge is 0.480 e. The van der Waals surface area contributed by atoms with Crippen LogP contribution in [0.15, 0.2) is 24.5 Å². The maximum Gasteiger partial charge on any atom is 0.326 e. The summed E-state index contributed by atoms with van der Waals surface area (Å²) in [5.41, 5.74) is 5.73. The van der Waals surface area contributed by atoms with E-state index in [0.717, 1.165) is 5.56 Å². The van der Waals surface area contributed by atoms with E-state index in [2.05, 4.69) is 20.9 Å². The van der Waals surface area contributed by atoms with Crippen molar-refractivity contribution in [2.45, 2.75) is 57.7 Å². The Morgan fingerprint density at radius 1 is 1.03 bits per heavy atom. The minimum Gasteiger partial charge on any atom is -0.480 e. The van der Waals surface area contributed by atoms with Crippen molar-refractivity contribution in [1.29, 1.82) is 0 Å². The van der Waals surface area contributed by atoms with E-state index in [0.29, 0.717) is 6.42 Å². The molecule has 0 aliphatic rings. The molecule has 1 aromatic heterocycles. The minimum absolute atomic E-state index is 0.0619. The lowest BCUT2D eigenvalue weighted by atomic mass is 10.1. The van der Waals surface area contributed by atoms with Gasteiger partial charge in [-0.2, -0.15) is 0 Å². The molecule has 0 aromatic carbocycles. The number of aromatic nitrogens is 1. The Bertz CT molecular complexity index is 770. The number of primary amides is 1. The normalized spacial score (nSPS) is 13.4. The number of nitrogens with one attached hydrogen (secondary N) is 3. The SMILES string of the molecule is CCCC(NC(=O)C(C)NC(=O)Cc1ccncc1)C(=O)NC(CC(N)=O)C(=O)O. The first-order valence-electron chi connectivity index (χ1n) is 9.44. The average molecular weight is 421 g/mol. The molecule has 0 fully saturated rings. The van der Waals surface area contributed by atoms with Crippen molar-refractivity contribution >= 4 is 29.6 Å². The van der Waals surface area contributed by atoms with E-state index in [1.54, 1.807) is 31.5 Å². The van der Waals surface area contributed by atoms with Crippen LogP contribution in [-0.2, 0) is 30.4 Å². The maximum absolute atomic E-state index is 12.4. The summed E-state index contributed by atoms with van der Waals surface area (Å²) in [5, 5.41) is 16.4. The van der Waals surface area contributed by atoms with E-state index < -0.39 is 48.2 Å². The van der Waals surface area contributed by atoms with Crippen molar-refractivity contribution in [3.63, 3.8) is 0 Å². The first-order chi connectivity index (χ1) is 14.1. The highest BCUT2D eigenvalue weighted by atomic mass is 16.4. The molecular formula is C19H27N5O6. The van der Waals surface area contributed by atoms with Gasteiger partial charge in [-0.05, 0) is 31.0 Å². The number of amides is 4. The number of hydrogen-bond acceptors (Lipinski definition) is 6. The van der Waals surface area contributed by atoms with E-state index in [9.17, 15) is 24.0 Å². The van der Waals surface area contributed by atoms with E-state index in [1.807, 2.05) is 0 Å². The Labute approximate surface area is 173 Å². The summed E-state index contributed by atoms with van der Waals surface area (Å²) in [5.74, 6) is -4.04. The van der Waals surface area contributed by atoms with Crippen LogP contribution in [-0.4, -0.2) is 57.8 Å². The molecule has 11 heteroatoms. The van der Waals surface area contributed by atoms with Gasteiger partial charge in [-0.1, -0.05) is 13.3 Å². The molecular weight excluding hydrogens is 394 g/mol. The van der Waals surface area contributed by atoms with E-state index in [4.69, 9.17) is 10.8 Å². The summed E-state index contributed by atoms with van der Waals surface area (Å²) < 4.78 is 0. The highest BCUT2D eigenvalue weighted by Gasteiger charge is 2.28. The van der Waals surface area contributed by atoms with Crippen molar-refractivity contribution < 1.29 is 29.1 Å². The molecule has 6 N–H and O–H groups in total. The van der Waals surface area contributed by atoms with Crippen LogP contribution >= 0.6 is 0 Å². The molecule has 1 heterocycles. The monoisotopic (exact) mass is 421 g/mol. The van der Waals surface area contributed by atoms with E-state index in [1.165, 1.54) is 6.92 Å². The van der Waals surface area contributed by atoms with Gasteiger partial charge in [-0.3, -0.25) is 24.2 Å². The Balaban J connectivity index is 2.67. The zero-order chi connectivity index (χ0) is 22.7. The summed E-state index contributed by atoms with van der Waals surface area (Å²) in [6.45, 7) is 3.25. The van der Waals surface area contributed by atoms with E-state index >= 15 is 0 Å². The highest BCUT2D eigenvalue weighted by molar-refractivity contribution is 5.94. The lowest BCUT2D eigenvalue weighted by Gasteiger charge is -2.22. The summed E-state index contributed by atoms with van der Waals surface area (Å²) in [6, 6.07) is -0.0961. The average Bonchev–Trinajstić information content (AvgIpc) is 2.67. The van der Waals surface area contributed by atoms with Gasteiger partial charge in [0.15, 0.2) is 0 Å². The molecule has 0 saturated heterocycles. The summed E-state index contributed by atoms with van der Waals surface area (Å²) in [7, 11) is 0. The van der Waals surface area contributed by atoms with Crippen molar-refractivity contribution in [1.82, 2.24) is 20.9 Å². The van der Waals surface area contributed by atoms with Crippen molar-refractivity contribution in [3.05, 3.63) is 30.1 Å². The molecule has 1 aromatic rings. The smallest absolute Gasteiger partial charge is 0.326 e. The molecule has 1 rings (SSSR count). The molecule has 164 valence electrons. The van der Waals surface area contributed by atoms with Crippen LogP contribution in [0.5, 0.6) is 0 Å². The Kier molecular flexibility index (Phi) is 9.93. The molecule has 3 atom stereocenters. The molecule has 0 radical (unpaired) electrons. The van der Waals surface area contributed by atoms with Gasteiger partial charge in [0, 0.05) is 12.4 Å². The number of carboxylic acid groups (broad SMARTS) is 1. The predicted molar refractivity (Wildman–Crippen MR) is 106 cm³/mol. The number of aliphatic carboxylic acids is 1. The third kappa shape index (κ3) is 8.67. The Hall–Kier alpha value is -3.50. The predicted octanol–water partition coefficient (Wildman–Crippen LogP) is -1.14. The van der Waals surface area contributed by atoms with Crippen LogP contribution in [0.1, 0.15) is 38.7 Å². The minimum atomic E-state index is -1.50. The number of hydrogen-bond donors (Lipinski definition) is 5. The van der Waals surface area contributed by atoms with Gasteiger partial charge < -0.3 is 26.8 Å². The van der Waals surface area contributed by atoms with E-state index in [-0.39, 0.29) is 18.7 Å². The molecule has 0 aliphatic heterocycles. The lowest BCUT2D eigenvalue weighted by Crippen LogP contribution is -2.55. The number of nitrogens with zero attached hydrogens (tertiary/aromatic N) is 1. The third-order valence-electron chi connectivity index (χ3n) is 4.12. The number of carbonyl (C=O) groups is 5. The first kappa shape index (κ1) is 24.5. The summed E-state index contributed by atoms with van der Waals surface area (Å²) in [4.78, 5) is 63.0. The first-order valence-corrected chi connectivity index (χ1v) is 9.44. The van der Waals surface area contributed by atoms with Gasteiger partial charge in [-0.25, -0.2) is 4.79 Å². The zero-order valence-corrected chi connectivity index (χ0v) is 16.9. The second-order valence-electron chi connectivity index (χ2n) is 6.74. The van der Waals surface area contributed by atoms with Crippen LogP contribution in [0.4, 0.5) is 0 Å². The van der Waals surface area contributed by atoms with Gasteiger partial charge in [0.1, 0.15) is 18.1 Å². The van der Waals surface area contributed by atoms with Crippen LogP contribution in [0, 0.1) is 0 Å². The molecule has 11 nitrogen and oxygen atoms in total. The summed E-state index contributed by atoms with van der Waals surface area (Å²) in [6.07, 6.45) is 3.35. The van der Waals surface area contributed by atoms with Gasteiger partial charge in [-0.15, -0.1) is 0 Å². The zero-order valence-electron chi connectivity index (χ0n) is 16.9. The molecule has 4 amide bonds. The standard InChI is InChI=1S/C19H27N5O6/c1-3-4-13(18(28)24-14(19(29)30)10-15(20)25)23-17(27)11(2)22-16(26)9-12-5-7-21-8-6-12/h5-8,11,13-14H,3-4,9-10H2,1-2H3,(H2,20,25)(H,22,26)(H,23,27)(H,24,28)(H,29,30). The molecule has 0 aliphatic carbocycles. The number of rotatable bonds is 12.